The highest BCUT2D eigenvalue weighted by Crippen LogP contribution is 2.48. The van der Waals surface area contributed by atoms with Crippen molar-refractivity contribution >= 4 is 35.4 Å². The van der Waals surface area contributed by atoms with Gasteiger partial charge in [0.2, 0.25) is 5.43 Å². The summed E-state index contributed by atoms with van der Waals surface area (Å²) in [6.45, 7) is 2.18. The largest absolute Gasteiger partial charge is 0.507 e. The highest BCUT2D eigenvalue weighted by molar-refractivity contribution is 7.47. The molecule has 0 saturated carbocycles. The second-order valence-corrected chi connectivity index (χ2v) is 11.8. The predicted octanol–water partition coefficient (Wildman–Crippen LogP) is 5.98. The van der Waals surface area contributed by atoms with E-state index in [0.717, 1.165) is 16.8 Å². The van der Waals surface area contributed by atoms with E-state index in [-0.39, 0.29) is 46.3 Å². The Balaban J connectivity index is 1.12. The number of morpholine rings is 1. The number of rotatable bonds is 11. The van der Waals surface area contributed by atoms with Gasteiger partial charge in [0.05, 0.1) is 31.3 Å². The second-order valence-electron chi connectivity index (χ2n) is 10.4. The lowest BCUT2D eigenvalue weighted by molar-refractivity contribution is 0.0931. The Hall–Kier alpha value is -4.18. The molecule has 0 radical (unpaired) electrons. The van der Waals surface area contributed by atoms with E-state index >= 15 is 0 Å². The molecule has 2 N–H and O–H groups in total. The molecule has 6 rings (SSSR count). The molecular weight excluding hydrogens is 585 g/mol. The van der Waals surface area contributed by atoms with Gasteiger partial charge in [-0.2, -0.15) is 0 Å². The zero-order valence-electron chi connectivity index (χ0n) is 23.8. The van der Waals surface area contributed by atoms with Crippen LogP contribution in [0.5, 0.6) is 11.5 Å². The zero-order chi connectivity index (χ0) is 30.5. The van der Waals surface area contributed by atoms with Crippen LogP contribution in [0.3, 0.4) is 0 Å². The molecule has 10 nitrogen and oxygen atoms in total. The molecule has 1 saturated heterocycles. The number of phosphoric ester groups is 1. The topological polar surface area (TPSA) is 128 Å². The Bertz CT molecular complexity index is 1840. The summed E-state index contributed by atoms with van der Waals surface area (Å²) in [5.41, 5.74) is 2.62. The van der Waals surface area contributed by atoms with E-state index in [4.69, 9.17) is 22.9 Å². The molecule has 5 aromatic rings. The predicted molar refractivity (Wildman–Crippen MR) is 166 cm³/mol. The summed E-state index contributed by atoms with van der Waals surface area (Å²) in [5.74, 6) is 0.225. The number of aromatic hydroxyl groups is 1. The van der Waals surface area contributed by atoms with E-state index in [1.165, 1.54) is 0 Å². The maximum atomic E-state index is 13.2. The Morgan fingerprint density at radius 3 is 2.36 bits per heavy atom. The van der Waals surface area contributed by atoms with E-state index in [2.05, 4.69) is 4.90 Å². The van der Waals surface area contributed by atoms with E-state index < -0.39 is 13.9 Å². The van der Waals surface area contributed by atoms with Gasteiger partial charge < -0.3 is 28.8 Å². The van der Waals surface area contributed by atoms with Crippen molar-refractivity contribution in [1.29, 1.82) is 0 Å². The van der Waals surface area contributed by atoms with E-state index in [1.54, 1.807) is 30.3 Å². The Labute approximate surface area is 253 Å². The average molecular weight is 618 g/mol. The summed E-state index contributed by atoms with van der Waals surface area (Å²) in [7, 11) is -4.44. The minimum absolute atomic E-state index is 0.0616. The molecule has 1 aromatic heterocycles. The molecule has 0 spiro atoms. The Morgan fingerprint density at radius 1 is 0.886 bits per heavy atom. The van der Waals surface area contributed by atoms with E-state index in [9.17, 15) is 19.4 Å². The van der Waals surface area contributed by atoms with Crippen LogP contribution in [0, 0.1) is 0 Å². The summed E-state index contributed by atoms with van der Waals surface area (Å²) in [6.07, 6.45) is -0.311. The third kappa shape index (κ3) is 6.96. The van der Waals surface area contributed by atoms with Crippen molar-refractivity contribution in [3.63, 3.8) is 0 Å². The SMILES string of the molecule is O=c1c2ccc(OCCOP(=O)(O)OC(Cc3ccccc3)c3ccccc3)cc2oc2cc(N3CCOCC3)cc(O)c12. The lowest BCUT2D eigenvalue weighted by Crippen LogP contribution is -2.36. The number of phenols is 1. The summed E-state index contributed by atoms with van der Waals surface area (Å²) in [6, 6.07) is 26.8. The first kappa shape index (κ1) is 29.9. The number of hydrogen-bond donors (Lipinski definition) is 2. The lowest BCUT2D eigenvalue weighted by atomic mass is 10.0. The maximum Gasteiger partial charge on any atom is 0.472 e. The van der Waals surface area contributed by atoms with Gasteiger partial charge >= 0.3 is 7.82 Å². The smallest absolute Gasteiger partial charge is 0.472 e. The van der Waals surface area contributed by atoms with Gasteiger partial charge in [-0.25, -0.2) is 4.57 Å². The van der Waals surface area contributed by atoms with Crippen LogP contribution in [0.2, 0.25) is 0 Å². The van der Waals surface area contributed by atoms with E-state index in [1.807, 2.05) is 60.7 Å². The highest BCUT2D eigenvalue weighted by atomic mass is 31.2. The molecule has 4 aromatic carbocycles. The Kier molecular flexibility index (Phi) is 8.97. The van der Waals surface area contributed by atoms with Gasteiger partial charge in [-0.05, 0) is 23.3 Å². The van der Waals surface area contributed by atoms with E-state index in [0.29, 0.717) is 38.5 Å². The molecule has 1 aliphatic heterocycles. The monoisotopic (exact) mass is 617 g/mol. The third-order valence-corrected chi connectivity index (χ3v) is 8.42. The first-order valence-corrected chi connectivity index (χ1v) is 15.8. The van der Waals surface area contributed by atoms with Gasteiger partial charge in [0.1, 0.15) is 34.7 Å². The van der Waals surface area contributed by atoms with Crippen LogP contribution in [-0.2, 0) is 24.8 Å². The molecular formula is C33H32NO9P. The third-order valence-electron chi connectivity index (χ3n) is 7.39. The second kappa shape index (κ2) is 13.2. The van der Waals surface area contributed by atoms with Crippen LogP contribution in [0.4, 0.5) is 5.69 Å². The molecule has 0 aliphatic carbocycles. The van der Waals surface area contributed by atoms with Gasteiger partial charge in [-0.3, -0.25) is 13.8 Å². The van der Waals surface area contributed by atoms with Gasteiger partial charge in [0, 0.05) is 43.4 Å². The van der Waals surface area contributed by atoms with Crippen LogP contribution in [0.1, 0.15) is 17.2 Å². The number of nitrogens with zero attached hydrogens (tertiary/aromatic N) is 1. The average Bonchev–Trinajstić information content (AvgIpc) is 3.04. The Morgan fingerprint density at radius 2 is 1.61 bits per heavy atom. The van der Waals surface area contributed by atoms with Gasteiger partial charge in [0.25, 0.3) is 0 Å². The van der Waals surface area contributed by atoms with Crippen LogP contribution in [-0.4, -0.2) is 49.5 Å². The number of phosphoric acid groups is 1. The first-order valence-electron chi connectivity index (χ1n) is 14.3. The van der Waals surface area contributed by atoms with Gasteiger partial charge in [-0.1, -0.05) is 60.7 Å². The summed E-state index contributed by atoms with van der Waals surface area (Å²) < 4.78 is 40.9. The van der Waals surface area contributed by atoms with Gasteiger partial charge in [0.15, 0.2) is 0 Å². The van der Waals surface area contributed by atoms with Crippen molar-refractivity contribution in [3.8, 4) is 11.5 Å². The number of fused-ring (bicyclic) bond motifs is 2. The van der Waals surface area contributed by atoms with Crippen LogP contribution < -0.4 is 15.1 Å². The van der Waals surface area contributed by atoms with Crippen molar-refractivity contribution in [2.24, 2.45) is 0 Å². The molecule has 2 unspecified atom stereocenters. The molecule has 44 heavy (non-hydrogen) atoms. The minimum Gasteiger partial charge on any atom is -0.507 e. The molecule has 11 heteroatoms. The summed E-state index contributed by atoms with van der Waals surface area (Å²) in [5, 5.41) is 11.1. The van der Waals surface area contributed by atoms with Gasteiger partial charge in [-0.15, -0.1) is 0 Å². The van der Waals surface area contributed by atoms with Crippen LogP contribution in [0.25, 0.3) is 21.9 Å². The highest BCUT2D eigenvalue weighted by Gasteiger charge is 2.28. The number of phenolic OH excluding ortho intramolecular Hbond substituents is 1. The number of ether oxygens (including phenoxy) is 2. The standard InChI is InChI=1S/C33H32NO9P/c35-28-20-25(34-13-15-39-16-14-34)21-31-32(28)33(36)27-12-11-26(22-30(27)42-31)40-17-18-41-44(37,38)43-29(24-9-5-2-6-10-24)19-23-7-3-1-4-8-23/h1-12,20-22,29,35H,13-19H2,(H,37,38). The minimum atomic E-state index is -4.44. The normalized spacial score (nSPS) is 15.7. The molecule has 0 bridgehead atoms. The fourth-order valence-corrected chi connectivity index (χ4v) is 6.12. The first-order chi connectivity index (χ1) is 21.4. The number of anilines is 1. The van der Waals surface area contributed by atoms with Crippen molar-refractivity contribution in [2.75, 3.05) is 44.4 Å². The number of hydrogen-bond acceptors (Lipinski definition) is 9. The maximum absolute atomic E-state index is 13.2. The molecule has 1 aliphatic rings. The van der Waals surface area contributed by atoms with Crippen LogP contribution >= 0.6 is 7.82 Å². The summed E-state index contributed by atoms with van der Waals surface area (Å²) in [4.78, 5) is 25.8. The fourth-order valence-electron chi connectivity index (χ4n) is 5.23. The molecule has 2 heterocycles. The molecule has 228 valence electrons. The van der Waals surface area contributed by atoms with Crippen molar-refractivity contribution in [1.82, 2.24) is 0 Å². The summed E-state index contributed by atoms with van der Waals surface area (Å²) >= 11 is 0. The fraction of sp³-hybridized carbons (Fsp3) is 0.242. The molecule has 1 fully saturated rings. The lowest BCUT2D eigenvalue weighted by Gasteiger charge is -2.29. The molecule has 0 amide bonds. The van der Waals surface area contributed by atoms with Crippen LogP contribution in [0.15, 0.2) is 100 Å². The zero-order valence-corrected chi connectivity index (χ0v) is 24.7. The van der Waals surface area contributed by atoms with Crippen molar-refractivity contribution in [3.05, 3.63) is 112 Å². The molecule has 2 atom stereocenters. The number of benzene rings is 4. The van der Waals surface area contributed by atoms with Crippen molar-refractivity contribution < 1.29 is 37.5 Å². The van der Waals surface area contributed by atoms with Crippen molar-refractivity contribution in [2.45, 2.75) is 12.5 Å². The quantitative estimate of drug-likeness (QED) is 0.104.